The number of benzene rings is 1. The number of halogens is 1. The Kier molecular flexibility index (Phi) is 5.38. The van der Waals surface area contributed by atoms with Gasteiger partial charge in [-0.2, -0.15) is 0 Å². The van der Waals surface area contributed by atoms with Gasteiger partial charge in [-0.25, -0.2) is 0 Å². The maximum Gasteiger partial charge on any atom is 0.254 e. The zero-order valence-electron chi connectivity index (χ0n) is 12.4. The van der Waals surface area contributed by atoms with Crippen molar-refractivity contribution in [3.8, 4) is 5.75 Å². The average Bonchev–Trinajstić information content (AvgIpc) is 2.50. The number of hydrogen-bond acceptors (Lipinski definition) is 3. The Bertz CT molecular complexity index is 740. The number of aromatic nitrogens is 1. The highest BCUT2D eigenvalue weighted by Crippen LogP contribution is 2.15. The van der Waals surface area contributed by atoms with Gasteiger partial charge >= 0.3 is 0 Å². The highest BCUT2D eigenvalue weighted by Gasteiger charge is 2.09. The van der Waals surface area contributed by atoms with E-state index in [2.05, 4.69) is 21.2 Å². The number of hydrogen-bond donors (Lipinski definition) is 1. The molecule has 2 rings (SSSR count). The first-order chi connectivity index (χ1) is 10.5. The van der Waals surface area contributed by atoms with Crippen LogP contribution in [0.15, 0.2) is 45.7 Å². The predicted molar refractivity (Wildman–Crippen MR) is 88.5 cm³/mol. The van der Waals surface area contributed by atoms with Crippen molar-refractivity contribution in [1.29, 1.82) is 0 Å². The Hall–Kier alpha value is -2.08. The molecule has 5 nitrogen and oxygen atoms in total. The predicted octanol–water partition coefficient (Wildman–Crippen LogP) is 2.36. The molecule has 0 fully saturated rings. The van der Waals surface area contributed by atoms with Gasteiger partial charge in [0.15, 0.2) is 0 Å². The van der Waals surface area contributed by atoms with Gasteiger partial charge in [-0.3, -0.25) is 9.59 Å². The minimum Gasteiger partial charge on any atom is -0.496 e. The summed E-state index contributed by atoms with van der Waals surface area (Å²) in [5.41, 5.74) is 1.22. The third-order valence-electron chi connectivity index (χ3n) is 3.28. The van der Waals surface area contributed by atoms with Crippen molar-refractivity contribution in [3.63, 3.8) is 0 Å². The highest BCUT2D eigenvalue weighted by molar-refractivity contribution is 9.10. The van der Waals surface area contributed by atoms with E-state index in [0.29, 0.717) is 24.4 Å². The van der Waals surface area contributed by atoms with Crippen LogP contribution in [0.1, 0.15) is 16.1 Å². The fraction of sp³-hybridized carbons (Fsp3) is 0.250. The molecule has 116 valence electrons. The summed E-state index contributed by atoms with van der Waals surface area (Å²) < 4.78 is 7.40. The van der Waals surface area contributed by atoms with E-state index in [0.717, 1.165) is 10.2 Å². The van der Waals surface area contributed by atoms with Gasteiger partial charge in [-0.05, 0) is 41.1 Å². The molecular weight excluding hydrogens is 348 g/mol. The maximum absolute atomic E-state index is 12.1. The van der Waals surface area contributed by atoms with Crippen LogP contribution < -0.4 is 15.6 Å². The molecule has 0 radical (unpaired) electrons. The normalized spacial score (nSPS) is 10.3. The number of carbonyl (C=O) groups excluding carboxylic acids is 1. The van der Waals surface area contributed by atoms with Crippen molar-refractivity contribution < 1.29 is 9.53 Å². The molecule has 0 spiro atoms. The minimum absolute atomic E-state index is 0.146. The van der Waals surface area contributed by atoms with Gasteiger partial charge in [-0.15, -0.1) is 0 Å². The molecule has 6 heteroatoms. The average molecular weight is 365 g/mol. The molecule has 2 aromatic rings. The van der Waals surface area contributed by atoms with E-state index in [1.54, 1.807) is 22.8 Å². The number of aryl methyl sites for hydroxylation is 1. The van der Waals surface area contributed by atoms with Gasteiger partial charge in [-0.1, -0.05) is 12.1 Å². The number of amides is 1. The smallest absolute Gasteiger partial charge is 0.254 e. The number of ether oxygens (including phenoxy) is 1. The fourth-order valence-corrected chi connectivity index (χ4v) is 2.59. The lowest BCUT2D eigenvalue weighted by atomic mass is 10.2. The molecule has 1 heterocycles. The Morgan fingerprint density at radius 3 is 2.68 bits per heavy atom. The van der Waals surface area contributed by atoms with Crippen molar-refractivity contribution in [2.45, 2.75) is 13.5 Å². The minimum atomic E-state index is -0.174. The largest absolute Gasteiger partial charge is 0.496 e. The van der Waals surface area contributed by atoms with Gasteiger partial charge in [0.2, 0.25) is 0 Å². The van der Waals surface area contributed by atoms with Crippen molar-refractivity contribution in [1.82, 2.24) is 9.88 Å². The van der Waals surface area contributed by atoms with Crippen LogP contribution in [-0.2, 0) is 6.54 Å². The molecular formula is C16H17BrN2O3. The van der Waals surface area contributed by atoms with Gasteiger partial charge in [0.05, 0.1) is 12.7 Å². The SMILES string of the molecule is COc1cc(C)n(CCNC(=O)c2ccccc2Br)c(=O)c1. The van der Waals surface area contributed by atoms with Crippen LogP contribution in [0.5, 0.6) is 5.75 Å². The number of methoxy groups -OCH3 is 1. The fourth-order valence-electron chi connectivity index (χ4n) is 2.13. The zero-order chi connectivity index (χ0) is 16.1. The molecule has 0 aliphatic rings. The second-order valence-corrected chi connectivity index (χ2v) is 5.62. The van der Waals surface area contributed by atoms with E-state index in [-0.39, 0.29) is 11.5 Å². The van der Waals surface area contributed by atoms with E-state index in [1.165, 1.54) is 13.2 Å². The Balaban J connectivity index is 2.02. The summed E-state index contributed by atoms with van der Waals surface area (Å²) in [4.78, 5) is 24.1. The van der Waals surface area contributed by atoms with Crippen molar-refractivity contribution in [2.24, 2.45) is 0 Å². The molecule has 0 bridgehead atoms. The molecule has 0 unspecified atom stereocenters. The van der Waals surface area contributed by atoms with E-state index in [4.69, 9.17) is 4.74 Å². The Morgan fingerprint density at radius 1 is 1.32 bits per heavy atom. The van der Waals surface area contributed by atoms with Gasteiger partial charge < -0.3 is 14.6 Å². The number of nitrogens with zero attached hydrogens (tertiary/aromatic N) is 1. The van der Waals surface area contributed by atoms with Crippen LogP contribution in [0.2, 0.25) is 0 Å². The van der Waals surface area contributed by atoms with Crippen LogP contribution in [0.3, 0.4) is 0 Å². The summed E-state index contributed by atoms with van der Waals surface area (Å²) in [6, 6.07) is 10.4. The van der Waals surface area contributed by atoms with Crippen molar-refractivity contribution in [2.75, 3.05) is 13.7 Å². The molecule has 0 saturated carbocycles. The van der Waals surface area contributed by atoms with Crippen LogP contribution in [0, 0.1) is 6.92 Å². The van der Waals surface area contributed by atoms with E-state index >= 15 is 0 Å². The first-order valence-corrected chi connectivity index (χ1v) is 7.60. The summed E-state index contributed by atoms with van der Waals surface area (Å²) in [5.74, 6) is 0.364. The first kappa shape index (κ1) is 16.3. The highest BCUT2D eigenvalue weighted by atomic mass is 79.9. The summed E-state index contributed by atoms with van der Waals surface area (Å²) in [6.07, 6.45) is 0. The topological polar surface area (TPSA) is 60.3 Å². The molecule has 1 N–H and O–H groups in total. The lowest BCUT2D eigenvalue weighted by Gasteiger charge is -2.12. The summed E-state index contributed by atoms with van der Waals surface area (Å²) in [6.45, 7) is 2.61. The quantitative estimate of drug-likeness (QED) is 0.885. The van der Waals surface area contributed by atoms with E-state index < -0.39 is 0 Å². The third kappa shape index (κ3) is 3.76. The monoisotopic (exact) mass is 364 g/mol. The Labute approximate surface area is 137 Å². The van der Waals surface area contributed by atoms with Crippen molar-refractivity contribution in [3.05, 3.63) is 62.5 Å². The summed E-state index contributed by atoms with van der Waals surface area (Å²) >= 11 is 3.34. The van der Waals surface area contributed by atoms with Crippen LogP contribution >= 0.6 is 15.9 Å². The third-order valence-corrected chi connectivity index (χ3v) is 3.98. The molecule has 0 atom stereocenters. The Morgan fingerprint density at radius 2 is 2.05 bits per heavy atom. The lowest BCUT2D eigenvalue weighted by Crippen LogP contribution is -2.31. The van der Waals surface area contributed by atoms with E-state index in [9.17, 15) is 9.59 Å². The molecule has 1 aromatic carbocycles. The molecule has 0 aliphatic carbocycles. The van der Waals surface area contributed by atoms with E-state index in [1.807, 2.05) is 19.1 Å². The molecule has 22 heavy (non-hydrogen) atoms. The molecule has 0 saturated heterocycles. The van der Waals surface area contributed by atoms with Crippen LogP contribution in [0.25, 0.3) is 0 Å². The zero-order valence-corrected chi connectivity index (χ0v) is 14.0. The van der Waals surface area contributed by atoms with Crippen molar-refractivity contribution >= 4 is 21.8 Å². The second kappa shape index (κ2) is 7.26. The molecule has 1 amide bonds. The summed E-state index contributed by atoms with van der Waals surface area (Å²) in [5, 5.41) is 2.81. The number of rotatable bonds is 5. The first-order valence-electron chi connectivity index (χ1n) is 6.81. The standard InChI is InChI=1S/C16H17BrN2O3/c1-11-9-12(22-2)10-15(20)19(11)8-7-18-16(21)13-5-3-4-6-14(13)17/h3-6,9-10H,7-8H2,1-2H3,(H,18,21). The second-order valence-electron chi connectivity index (χ2n) is 4.76. The van der Waals surface area contributed by atoms with Gasteiger partial charge in [0, 0.05) is 29.3 Å². The number of pyridine rings is 1. The molecule has 0 aliphatic heterocycles. The van der Waals surface area contributed by atoms with Gasteiger partial charge in [0.1, 0.15) is 5.75 Å². The summed E-state index contributed by atoms with van der Waals surface area (Å²) in [7, 11) is 1.52. The van der Waals surface area contributed by atoms with Crippen LogP contribution in [0.4, 0.5) is 0 Å². The lowest BCUT2D eigenvalue weighted by molar-refractivity contribution is 0.0951. The van der Waals surface area contributed by atoms with Gasteiger partial charge in [0.25, 0.3) is 11.5 Å². The maximum atomic E-state index is 12.1. The molecule has 1 aromatic heterocycles. The number of nitrogens with one attached hydrogen (secondary N) is 1. The number of carbonyl (C=O) groups is 1. The van der Waals surface area contributed by atoms with Crippen LogP contribution in [-0.4, -0.2) is 24.1 Å².